The van der Waals surface area contributed by atoms with Gasteiger partial charge in [0.25, 0.3) is 0 Å². The fourth-order valence-electron chi connectivity index (χ4n) is 3.22. The van der Waals surface area contributed by atoms with Crippen molar-refractivity contribution in [2.75, 3.05) is 6.54 Å². The van der Waals surface area contributed by atoms with Crippen molar-refractivity contribution in [2.45, 2.75) is 55.2 Å². The molecule has 2 heteroatoms. The molecule has 0 radical (unpaired) electrons. The van der Waals surface area contributed by atoms with Gasteiger partial charge in [-0.05, 0) is 48.7 Å². The Hall–Kier alpha value is -0.990. The summed E-state index contributed by atoms with van der Waals surface area (Å²) in [6.07, 6.45) is 6.68. The van der Waals surface area contributed by atoms with Gasteiger partial charge in [-0.2, -0.15) is 0 Å². The maximum atomic E-state index is 3.76. The number of nitrogens with one attached hydrogen (secondary N) is 1. The molecule has 112 valence electrons. The molecule has 21 heavy (non-hydrogen) atoms. The molecule has 0 aromatic heterocycles. The van der Waals surface area contributed by atoms with Gasteiger partial charge in [0.15, 0.2) is 0 Å². The Kier molecular flexibility index (Phi) is 5.21. The minimum absolute atomic E-state index is 0.690. The predicted molar refractivity (Wildman–Crippen MR) is 94.1 cm³/mol. The molecule has 0 saturated heterocycles. The first-order chi connectivity index (χ1) is 10.4. The third-order valence-corrected chi connectivity index (χ3v) is 5.76. The number of thioether (sulfide) groups is 1. The molecule has 1 N–H and O–H groups in total. The van der Waals surface area contributed by atoms with Crippen molar-refractivity contribution in [2.24, 2.45) is 0 Å². The van der Waals surface area contributed by atoms with E-state index in [4.69, 9.17) is 0 Å². The van der Waals surface area contributed by atoms with E-state index in [1.165, 1.54) is 47.8 Å². The number of hydrogen-bond acceptors (Lipinski definition) is 2. The lowest BCUT2D eigenvalue weighted by Gasteiger charge is -2.32. The van der Waals surface area contributed by atoms with Gasteiger partial charge in [-0.15, -0.1) is 11.8 Å². The van der Waals surface area contributed by atoms with Crippen molar-refractivity contribution in [3.63, 3.8) is 0 Å². The van der Waals surface area contributed by atoms with Gasteiger partial charge in [0.2, 0.25) is 0 Å². The zero-order chi connectivity index (χ0) is 14.5. The first-order valence-corrected chi connectivity index (χ1v) is 9.13. The van der Waals surface area contributed by atoms with Gasteiger partial charge in [-0.1, -0.05) is 50.1 Å². The summed E-state index contributed by atoms with van der Waals surface area (Å²) in [5.74, 6) is 0. The summed E-state index contributed by atoms with van der Waals surface area (Å²) in [5.41, 5.74) is 0. The van der Waals surface area contributed by atoms with Crippen LogP contribution in [0.1, 0.15) is 39.0 Å². The van der Waals surface area contributed by atoms with E-state index in [2.05, 4.69) is 66.5 Å². The number of benzene rings is 2. The van der Waals surface area contributed by atoms with Gasteiger partial charge in [0.05, 0.1) is 0 Å². The summed E-state index contributed by atoms with van der Waals surface area (Å²) in [5, 5.41) is 7.18. The number of rotatable bonds is 5. The second kappa shape index (κ2) is 7.33. The fourth-order valence-corrected chi connectivity index (χ4v) is 4.59. The first-order valence-electron chi connectivity index (χ1n) is 8.25. The Morgan fingerprint density at radius 2 is 1.86 bits per heavy atom. The van der Waals surface area contributed by atoms with E-state index in [0.717, 1.165) is 11.8 Å². The molecule has 1 aliphatic carbocycles. The van der Waals surface area contributed by atoms with Gasteiger partial charge < -0.3 is 5.32 Å². The minimum Gasteiger partial charge on any atom is -0.313 e. The van der Waals surface area contributed by atoms with Crippen molar-refractivity contribution in [3.8, 4) is 0 Å². The molecule has 0 bridgehead atoms. The monoisotopic (exact) mass is 299 g/mol. The Morgan fingerprint density at radius 1 is 1.05 bits per heavy atom. The van der Waals surface area contributed by atoms with Crippen LogP contribution in [0.5, 0.6) is 0 Å². The number of hydrogen-bond donors (Lipinski definition) is 1. The highest BCUT2D eigenvalue weighted by molar-refractivity contribution is 8.00. The van der Waals surface area contributed by atoms with Gasteiger partial charge in [0.1, 0.15) is 0 Å². The fraction of sp³-hybridized carbons (Fsp3) is 0.474. The molecule has 2 aromatic carbocycles. The quantitative estimate of drug-likeness (QED) is 0.810. The summed E-state index contributed by atoms with van der Waals surface area (Å²) in [7, 11) is 0. The standard InChI is InChI=1S/C19H25NS/c1-2-13-20-18-9-5-6-10-19(18)21-17-12-11-15-7-3-4-8-16(15)14-17/h3-4,7-8,11-12,14,18-20H,2,5-6,9-10,13H2,1H3. The zero-order valence-electron chi connectivity index (χ0n) is 12.8. The molecule has 1 aliphatic rings. The Labute approximate surface area is 132 Å². The normalized spacial score (nSPS) is 22.5. The van der Waals surface area contributed by atoms with E-state index in [1.54, 1.807) is 0 Å². The summed E-state index contributed by atoms with van der Waals surface area (Å²) in [6.45, 7) is 3.40. The minimum atomic E-state index is 0.690. The molecule has 1 saturated carbocycles. The van der Waals surface area contributed by atoms with Gasteiger partial charge in [0, 0.05) is 16.2 Å². The first kappa shape index (κ1) is 14.9. The highest BCUT2D eigenvalue weighted by Gasteiger charge is 2.25. The smallest absolute Gasteiger partial charge is 0.0248 e. The molecule has 2 atom stereocenters. The maximum Gasteiger partial charge on any atom is 0.0248 e. The van der Waals surface area contributed by atoms with E-state index in [0.29, 0.717) is 6.04 Å². The molecule has 3 rings (SSSR count). The molecule has 1 nitrogen and oxygen atoms in total. The highest BCUT2D eigenvalue weighted by atomic mass is 32.2. The lowest BCUT2D eigenvalue weighted by Crippen LogP contribution is -2.40. The van der Waals surface area contributed by atoms with Crippen LogP contribution >= 0.6 is 11.8 Å². The van der Waals surface area contributed by atoms with Crippen LogP contribution in [0.15, 0.2) is 47.4 Å². The highest BCUT2D eigenvalue weighted by Crippen LogP contribution is 2.35. The Morgan fingerprint density at radius 3 is 2.71 bits per heavy atom. The van der Waals surface area contributed by atoms with E-state index in [-0.39, 0.29) is 0 Å². The third kappa shape index (κ3) is 3.81. The van der Waals surface area contributed by atoms with Crippen LogP contribution in [0.25, 0.3) is 10.8 Å². The average molecular weight is 299 g/mol. The van der Waals surface area contributed by atoms with Gasteiger partial charge in [-0.25, -0.2) is 0 Å². The van der Waals surface area contributed by atoms with Crippen LogP contribution in [0.2, 0.25) is 0 Å². The molecular formula is C19H25NS. The van der Waals surface area contributed by atoms with Gasteiger partial charge >= 0.3 is 0 Å². The van der Waals surface area contributed by atoms with Crippen LogP contribution in [0.3, 0.4) is 0 Å². The topological polar surface area (TPSA) is 12.0 Å². The molecule has 0 aliphatic heterocycles. The molecule has 1 fully saturated rings. The van der Waals surface area contributed by atoms with Crippen LogP contribution in [0, 0.1) is 0 Å². The van der Waals surface area contributed by atoms with Crippen molar-refractivity contribution < 1.29 is 0 Å². The van der Waals surface area contributed by atoms with Crippen LogP contribution in [-0.4, -0.2) is 17.8 Å². The van der Waals surface area contributed by atoms with E-state index >= 15 is 0 Å². The van der Waals surface area contributed by atoms with Crippen molar-refractivity contribution in [1.29, 1.82) is 0 Å². The summed E-state index contributed by atoms with van der Waals surface area (Å²) < 4.78 is 0. The molecule has 0 amide bonds. The molecule has 0 heterocycles. The van der Waals surface area contributed by atoms with E-state index in [1.807, 2.05) is 0 Å². The Bertz CT molecular complexity index is 581. The summed E-state index contributed by atoms with van der Waals surface area (Å²) >= 11 is 2.08. The molecular weight excluding hydrogens is 274 g/mol. The van der Waals surface area contributed by atoms with Crippen molar-refractivity contribution >= 4 is 22.5 Å². The number of fused-ring (bicyclic) bond motifs is 1. The van der Waals surface area contributed by atoms with E-state index in [9.17, 15) is 0 Å². The van der Waals surface area contributed by atoms with E-state index < -0.39 is 0 Å². The van der Waals surface area contributed by atoms with Crippen LogP contribution < -0.4 is 5.32 Å². The lowest BCUT2D eigenvalue weighted by molar-refractivity contribution is 0.384. The second-order valence-corrected chi connectivity index (χ2v) is 7.32. The molecule has 2 aromatic rings. The lowest BCUT2D eigenvalue weighted by atomic mass is 9.95. The largest absolute Gasteiger partial charge is 0.313 e. The molecule has 2 unspecified atom stereocenters. The third-order valence-electron chi connectivity index (χ3n) is 4.37. The Balaban J connectivity index is 1.72. The van der Waals surface area contributed by atoms with Crippen molar-refractivity contribution in [1.82, 2.24) is 5.32 Å². The van der Waals surface area contributed by atoms with Crippen molar-refractivity contribution in [3.05, 3.63) is 42.5 Å². The maximum absolute atomic E-state index is 3.76. The van der Waals surface area contributed by atoms with Crippen LogP contribution in [-0.2, 0) is 0 Å². The predicted octanol–water partition coefficient (Wildman–Crippen LogP) is 5.24. The molecule has 0 spiro atoms. The SMILES string of the molecule is CCCNC1CCCCC1Sc1ccc2ccccc2c1. The zero-order valence-corrected chi connectivity index (χ0v) is 13.7. The summed E-state index contributed by atoms with van der Waals surface area (Å²) in [4.78, 5) is 1.42. The summed E-state index contributed by atoms with van der Waals surface area (Å²) in [6, 6.07) is 16.2. The second-order valence-electron chi connectivity index (χ2n) is 6.01. The van der Waals surface area contributed by atoms with Crippen LogP contribution in [0.4, 0.5) is 0 Å². The van der Waals surface area contributed by atoms with Gasteiger partial charge in [-0.3, -0.25) is 0 Å². The average Bonchev–Trinajstić information content (AvgIpc) is 2.54.